The summed E-state index contributed by atoms with van der Waals surface area (Å²) in [6.07, 6.45) is 0. The van der Waals surface area contributed by atoms with E-state index in [9.17, 15) is 10.1 Å². The Balaban J connectivity index is 1.79. The Morgan fingerprint density at radius 2 is 1.62 bits per heavy atom. The van der Waals surface area contributed by atoms with Crippen LogP contribution in [0.4, 0.5) is 11.4 Å². The van der Waals surface area contributed by atoms with E-state index in [1.807, 2.05) is 24.3 Å². The van der Waals surface area contributed by atoms with Crippen LogP contribution in [0.15, 0.2) is 66.7 Å². The number of non-ortho nitro benzene ring substituents is 1. The largest absolute Gasteiger partial charge is 0.380 e. The van der Waals surface area contributed by atoms with Crippen LogP contribution >= 0.6 is 0 Å². The molecule has 104 valence electrons. The Morgan fingerprint density at radius 3 is 2.38 bits per heavy atom. The third-order valence-corrected chi connectivity index (χ3v) is 3.42. The molecule has 0 spiro atoms. The molecule has 0 saturated heterocycles. The molecule has 0 fully saturated rings. The Kier molecular flexibility index (Phi) is 3.51. The number of rotatable bonds is 4. The van der Waals surface area contributed by atoms with Crippen LogP contribution in [0.1, 0.15) is 5.56 Å². The molecule has 0 saturated carbocycles. The van der Waals surface area contributed by atoms with E-state index in [2.05, 4.69) is 23.5 Å². The number of nitrogens with zero attached hydrogens (tertiary/aromatic N) is 1. The number of hydrogen-bond donors (Lipinski definition) is 1. The van der Waals surface area contributed by atoms with Gasteiger partial charge in [-0.25, -0.2) is 0 Å². The fraction of sp³-hybridized carbons (Fsp3) is 0.0588. The summed E-state index contributed by atoms with van der Waals surface area (Å²) in [4.78, 5) is 10.2. The van der Waals surface area contributed by atoms with Gasteiger partial charge < -0.3 is 5.32 Å². The van der Waals surface area contributed by atoms with Gasteiger partial charge in [-0.15, -0.1) is 0 Å². The highest BCUT2D eigenvalue weighted by atomic mass is 16.6. The van der Waals surface area contributed by atoms with E-state index in [1.54, 1.807) is 12.1 Å². The van der Waals surface area contributed by atoms with Crippen molar-refractivity contribution in [2.45, 2.75) is 6.54 Å². The van der Waals surface area contributed by atoms with E-state index in [1.165, 1.54) is 22.9 Å². The van der Waals surface area contributed by atoms with Crippen molar-refractivity contribution in [1.29, 1.82) is 0 Å². The van der Waals surface area contributed by atoms with Gasteiger partial charge in [0.15, 0.2) is 0 Å². The van der Waals surface area contributed by atoms with Crippen molar-refractivity contribution in [2.24, 2.45) is 0 Å². The van der Waals surface area contributed by atoms with E-state index < -0.39 is 0 Å². The molecule has 0 heterocycles. The maximum atomic E-state index is 10.6. The first-order valence-corrected chi connectivity index (χ1v) is 6.69. The van der Waals surface area contributed by atoms with Crippen LogP contribution in [0.3, 0.4) is 0 Å². The van der Waals surface area contributed by atoms with E-state index in [4.69, 9.17) is 0 Å². The molecule has 0 aliphatic carbocycles. The molecule has 4 nitrogen and oxygen atoms in total. The molecule has 1 N–H and O–H groups in total. The average Bonchev–Trinajstić information content (AvgIpc) is 2.53. The standard InChI is InChI=1S/C17H14N2O2/c20-19(21)15-10-8-13(9-11-15)12-18-17-7-3-5-14-4-1-2-6-16(14)17/h1-11,18H,12H2. The normalized spacial score (nSPS) is 10.5. The van der Waals surface area contributed by atoms with Crippen LogP contribution in [0.25, 0.3) is 10.8 Å². The van der Waals surface area contributed by atoms with Crippen LogP contribution in [0.2, 0.25) is 0 Å². The minimum absolute atomic E-state index is 0.115. The Hall–Kier alpha value is -2.88. The van der Waals surface area contributed by atoms with E-state index in [-0.39, 0.29) is 10.6 Å². The van der Waals surface area contributed by atoms with E-state index in [0.29, 0.717) is 6.54 Å². The van der Waals surface area contributed by atoms with Crippen molar-refractivity contribution in [3.05, 3.63) is 82.4 Å². The summed E-state index contributed by atoms with van der Waals surface area (Å²) in [6.45, 7) is 0.631. The number of nitro benzene ring substituents is 1. The van der Waals surface area contributed by atoms with Gasteiger partial charge in [0.25, 0.3) is 5.69 Å². The van der Waals surface area contributed by atoms with Gasteiger partial charge in [0, 0.05) is 29.8 Å². The molecular formula is C17H14N2O2. The molecule has 0 unspecified atom stereocenters. The lowest BCUT2D eigenvalue weighted by molar-refractivity contribution is -0.384. The zero-order chi connectivity index (χ0) is 14.7. The van der Waals surface area contributed by atoms with E-state index in [0.717, 1.165) is 11.3 Å². The summed E-state index contributed by atoms with van der Waals surface area (Å²) in [5.41, 5.74) is 2.18. The fourth-order valence-corrected chi connectivity index (χ4v) is 2.31. The molecular weight excluding hydrogens is 264 g/mol. The lowest BCUT2D eigenvalue weighted by atomic mass is 10.1. The van der Waals surface area contributed by atoms with Gasteiger partial charge in [-0.1, -0.05) is 48.5 Å². The van der Waals surface area contributed by atoms with Gasteiger partial charge in [0.1, 0.15) is 0 Å². The first-order valence-electron chi connectivity index (χ1n) is 6.69. The number of fused-ring (bicyclic) bond motifs is 1. The molecule has 0 atom stereocenters. The highest BCUT2D eigenvalue weighted by Gasteiger charge is 2.04. The van der Waals surface area contributed by atoms with Crippen LogP contribution in [0, 0.1) is 10.1 Å². The Morgan fingerprint density at radius 1 is 0.905 bits per heavy atom. The molecule has 0 aliphatic heterocycles. The van der Waals surface area contributed by atoms with Crippen molar-refractivity contribution in [3.63, 3.8) is 0 Å². The quantitative estimate of drug-likeness (QED) is 0.570. The summed E-state index contributed by atoms with van der Waals surface area (Å²) >= 11 is 0. The van der Waals surface area contributed by atoms with Gasteiger partial charge in [0.2, 0.25) is 0 Å². The Bertz CT molecular complexity index is 777. The third-order valence-electron chi connectivity index (χ3n) is 3.42. The number of benzene rings is 3. The molecule has 4 heteroatoms. The topological polar surface area (TPSA) is 55.2 Å². The van der Waals surface area contributed by atoms with Crippen LogP contribution in [-0.2, 0) is 6.54 Å². The molecule has 0 bridgehead atoms. The summed E-state index contributed by atoms with van der Waals surface area (Å²) in [5, 5.41) is 16.4. The lowest BCUT2D eigenvalue weighted by Gasteiger charge is -2.09. The molecule has 0 amide bonds. The third kappa shape index (κ3) is 2.84. The number of nitrogens with one attached hydrogen (secondary N) is 1. The second-order valence-electron chi connectivity index (χ2n) is 4.80. The zero-order valence-corrected chi connectivity index (χ0v) is 11.3. The minimum atomic E-state index is -0.387. The van der Waals surface area contributed by atoms with E-state index >= 15 is 0 Å². The second-order valence-corrected chi connectivity index (χ2v) is 4.80. The average molecular weight is 278 g/mol. The Labute approximate surface area is 122 Å². The number of anilines is 1. The first-order chi connectivity index (χ1) is 10.2. The van der Waals surface area contributed by atoms with Gasteiger partial charge >= 0.3 is 0 Å². The van der Waals surface area contributed by atoms with Crippen molar-refractivity contribution in [2.75, 3.05) is 5.32 Å². The van der Waals surface area contributed by atoms with Gasteiger partial charge in [0.05, 0.1) is 4.92 Å². The lowest BCUT2D eigenvalue weighted by Crippen LogP contribution is -2.00. The predicted molar refractivity (Wildman–Crippen MR) is 84.4 cm³/mol. The molecule has 0 radical (unpaired) electrons. The molecule has 21 heavy (non-hydrogen) atoms. The number of hydrogen-bond acceptors (Lipinski definition) is 3. The molecule has 0 aliphatic rings. The summed E-state index contributed by atoms with van der Waals surface area (Å²) in [7, 11) is 0. The molecule has 3 aromatic rings. The summed E-state index contributed by atoms with van der Waals surface area (Å²) in [5.74, 6) is 0. The van der Waals surface area contributed by atoms with Gasteiger partial charge in [-0.2, -0.15) is 0 Å². The maximum Gasteiger partial charge on any atom is 0.269 e. The molecule has 0 aromatic heterocycles. The molecule has 3 rings (SSSR count). The van der Waals surface area contributed by atoms with Crippen molar-refractivity contribution in [1.82, 2.24) is 0 Å². The van der Waals surface area contributed by atoms with Crippen LogP contribution < -0.4 is 5.32 Å². The monoisotopic (exact) mass is 278 g/mol. The summed E-state index contributed by atoms with van der Waals surface area (Å²) < 4.78 is 0. The SMILES string of the molecule is O=[N+]([O-])c1ccc(CNc2cccc3ccccc23)cc1. The highest BCUT2D eigenvalue weighted by molar-refractivity contribution is 5.93. The van der Waals surface area contributed by atoms with Crippen LogP contribution in [0.5, 0.6) is 0 Å². The van der Waals surface area contributed by atoms with Gasteiger partial charge in [-0.05, 0) is 17.0 Å². The van der Waals surface area contributed by atoms with Crippen molar-refractivity contribution in [3.8, 4) is 0 Å². The second kappa shape index (κ2) is 5.63. The van der Waals surface area contributed by atoms with Crippen molar-refractivity contribution < 1.29 is 4.92 Å². The fourth-order valence-electron chi connectivity index (χ4n) is 2.31. The minimum Gasteiger partial charge on any atom is -0.380 e. The van der Waals surface area contributed by atoms with Crippen molar-refractivity contribution >= 4 is 22.1 Å². The predicted octanol–water partition coefficient (Wildman–Crippen LogP) is 4.36. The smallest absolute Gasteiger partial charge is 0.269 e. The summed E-state index contributed by atoms with van der Waals surface area (Å²) in [6, 6.07) is 20.9. The number of nitro groups is 1. The highest BCUT2D eigenvalue weighted by Crippen LogP contribution is 2.23. The first kappa shape index (κ1) is 13.1. The van der Waals surface area contributed by atoms with Crippen LogP contribution in [-0.4, -0.2) is 4.92 Å². The molecule has 3 aromatic carbocycles. The maximum absolute atomic E-state index is 10.6. The van der Waals surface area contributed by atoms with Gasteiger partial charge in [-0.3, -0.25) is 10.1 Å². The zero-order valence-electron chi connectivity index (χ0n) is 11.3.